The van der Waals surface area contributed by atoms with Gasteiger partial charge in [0, 0.05) is 38.1 Å². The first kappa shape index (κ1) is 15.3. The van der Waals surface area contributed by atoms with E-state index in [2.05, 4.69) is 48.2 Å². The molecule has 0 unspecified atom stereocenters. The Hall–Kier alpha value is -1.09. The van der Waals surface area contributed by atoms with Crippen LogP contribution in [-0.4, -0.2) is 24.6 Å². The van der Waals surface area contributed by atoms with Gasteiger partial charge in [-0.1, -0.05) is 33.1 Å². The molecule has 0 amide bonds. The van der Waals surface area contributed by atoms with E-state index in [1.807, 2.05) is 6.20 Å². The number of anilines is 1. The van der Waals surface area contributed by atoms with E-state index in [-0.39, 0.29) is 0 Å². The second-order valence-corrected chi connectivity index (χ2v) is 6.43. The Balaban J connectivity index is 1.91. The van der Waals surface area contributed by atoms with Gasteiger partial charge >= 0.3 is 0 Å². The molecule has 2 rings (SSSR count). The zero-order valence-corrected chi connectivity index (χ0v) is 13.2. The van der Waals surface area contributed by atoms with E-state index in [0.29, 0.717) is 6.04 Å². The Morgan fingerprint density at radius 2 is 2.05 bits per heavy atom. The van der Waals surface area contributed by atoms with Crippen LogP contribution in [0.1, 0.15) is 51.6 Å². The Labute approximate surface area is 123 Å². The predicted octanol–water partition coefficient (Wildman–Crippen LogP) is 3.60. The second kappa shape index (κ2) is 7.63. The smallest absolute Gasteiger partial charge is 0.0562 e. The molecule has 0 atom stereocenters. The van der Waals surface area contributed by atoms with Gasteiger partial charge in [0.2, 0.25) is 0 Å². The molecule has 0 saturated heterocycles. The molecular formula is C17H29N3. The van der Waals surface area contributed by atoms with Gasteiger partial charge in [0.15, 0.2) is 0 Å². The van der Waals surface area contributed by atoms with Crippen LogP contribution in [0.25, 0.3) is 0 Å². The third-order valence-corrected chi connectivity index (χ3v) is 4.19. The first-order valence-corrected chi connectivity index (χ1v) is 8.04. The van der Waals surface area contributed by atoms with Gasteiger partial charge in [-0.2, -0.15) is 0 Å². The summed E-state index contributed by atoms with van der Waals surface area (Å²) < 4.78 is 0. The largest absolute Gasteiger partial charge is 0.374 e. The van der Waals surface area contributed by atoms with Crippen molar-refractivity contribution in [1.29, 1.82) is 0 Å². The quantitative estimate of drug-likeness (QED) is 0.860. The SMILES string of the molecule is CC(C)NCc1cc(N(C)CC2CCCCC2)ccn1. The Bertz CT molecular complexity index is 397. The van der Waals surface area contributed by atoms with Gasteiger partial charge in [-0.25, -0.2) is 0 Å². The Kier molecular flexibility index (Phi) is 5.84. The van der Waals surface area contributed by atoms with Gasteiger partial charge in [-0.3, -0.25) is 4.98 Å². The number of nitrogens with one attached hydrogen (secondary N) is 1. The first-order chi connectivity index (χ1) is 9.65. The van der Waals surface area contributed by atoms with Crippen molar-refractivity contribution in [2.24, 2.45) is 5.92 Å². The van der Waals surface area contributed by atoms with Crippen LogP contribution in [-0.2, 0) is 6.54 Å². The summed E-state index contributed by atoms with van der Waals surface area (Å²) in [4.78, 5) is 6.85. The van der Waals surface area contributed by atoms with Gasteiger partial charge in [0.05, 0.1) is 5.69 Å². The minimum absolute atomic E-state index is 0.500. The molecule has 1 aromatic rings. The van der Waals surface area contributed by atoms with Crippen molar-refractivity contribution >= 4 is 5.69 Å². The number of pyridine rings is 1. The van der Waals surface area contributed by atoms with E-state index in [9.17, 15) is 0 Å². The fourth-order valence-corrected chi connectivity index (χ4v) is 2.97. The second-order valence-electron chi connectivity index (χ2n) is 6.43. The molecule has 1 saturated carbocycles. The van der Waals surface area contributed by atoms with Crippen LogP contribution >= 0.6 is 0 Å². The van der Waals surface area contributed by atoms with E-state index in [4.69, 9.17) is 0 Å². The molecule has 1 aliphatic rings. The zero-order valence-electron chi connectivity index (χ0n) is 13.2. The van der Waals surface area contributed by atoms with Crippen molar-refractivity contribution in [3.05, 3.63) is 24.0 Å². The fourth-order valence-electron chi connectivity index (χ4n) is 2.97. The monoisotopic (exact) mass is 275 g/mol. The summed E-state index contributed by atoms with van der Waals surface area (Å²) in [7, 11) is 2.21. The van der Waals surface area contributed by atoms with Crippen molar-refractivity contribution in [1.82, 2.24) is 10.3 Å². The predicted molar refractivity (Wildman–Crippen MR) is 86.1 cm³/mol. The Morgan fingerprint density at radius 3 is 2.75 bits per heavy atom. The van der Waals surface area contributed by atoms with Crippen LogP contribution in [0.2, 0.25) is 0 Å². The summed E-state index contributed by atoms with van der Waals surface area (Å²) in [5.41, 5.74) is 2.43. The van der Waals surface area contributed by atoms with E-state index in [0.717, 1.165) is 18.2 Å². The molecule has 0 spiro atoms. The number of nitrogens with zero attached hydrogens (tertiary/aromatic N) is 2. The lowest BCUT2D eigenvalue weighted by molar-refractivity contribution is 0.362. The van der Waals surface area contributed by atoms with Crippen LogP contribution in [0.15, 0.2) is 18.3 Å². The van der Waals surface area contributed by atoms with Gasteiger partial charge in [-0.15, -0.1) is 0 Å². The molecule has 0 aromatic carbocycles. The topological polar surface area (TPSA) is 28.2 Å². The third kappa shape index (κ3) is 4.78. The highest BCUT2D eigenvalue weighted by Crippen LogP contribution is 2.25. The minimum Gasteiger partial charge on any atom is -0.374 e. The molecule has 3 heteroatoms. The van der Waals surface area contributed by atoms with Gasteiger partial charge in [0.1, 0.15) is 0 Å². The van der Waals surface area contributed by atoms with Crippen LogP contribution < -0.4 is 10.2 Å². The van der Waals surface area contributed by atoms with Gasteiger partial charge in [0.25, 0.3) is 0 Å². The molecule has 1 N–H and O–H groups in total. The van der Waals surface area contributed by atoms with Crippen molar-refractivity contribution in [3.8, 4) is 0 Å². The van der Waals surface area contributed by atoms with Crippen molar-refractivity contribution in [3.63, 3.8) is 0 Å². The number of rotatable bonds is 6. The maximum absolute atomic E-state index is 4.45. The maximum atomic E-state index is 4.45. The van der Waals surface area contributed by atoms with E-state index >= 15 is 0 Å². The van der Waals surface area contributed by atoms with Crippen LogP contribution in [0, 0.1) is 5.92 Å². The molecular weight excluding hydrogens is 246 g/mol. The van der Waals surface area contributed by atoms with Crippen molar-refractivity contribution in [2.75, 3.05) is 18.5 Å². The van der Waals surface area contributed by atoms with Crippen LogP contribution in [0.3, 0.4) is 0 Å². The fraction of sp³-hybridized carbons (Fsp3) is 0.706. The van der Waals surface area contributed by atoms with Gasteiger partial charge < -0.3 is 10.2 Å². The van der Waals surface area contributed by atoms with Crippen molar-refractivity contribution < 1.29 is 0 Å². The number of hydrogen-bond donors (Lipinski definition) is 1. The summed E-state index contributed by atoms with van der Waals surface area (Å²) in [6.45, 7) is 6.36. The van der Waals surface area contributed by atoms with E-state index < -0.39 is 0 Å². The molecule has 1 fully saturated rings. The maximum Gasteiger partial charge on any atom is 0.0562 e. The Morgan fingerprint density at radius 1 is 1.30 bits per heavy atom. The van der Waals surface area contributed by atoms with E-state index in [1.54, 1.807) is 0 Å². The normalized spacial score (nSPS) is 16.6. The zero-order chi connectivity index (χ0) is 14.4. The van der Waals surface area contributed by atoms with Crippen LogP contribution in [0.4, 0.5) is 5.69 Å². The summed E-state index contributed by atoms with van der Waals surface area (Å²) in [6.07, 6.45) is 9.00. The molecule has 0 bridgehead atoms. The number of aromatic nitrogens is 1. The molecule has 112 valence electrons. The van der Waals surface area contributed by atoms with E-state index in [1.165, 1.54) is 44.3 Å². The number of hydrogen-bond acceptors (Lipinski definition) is 3. The first-order valence-electron chi connectivity index (χ1n) is 8.04. The highest BCUT2D eigenvalue weighted by Gasteiger charge is 2.15. The summed E-state index contributed by atoms with van der Waals surface area (Å²) in [6, 6.07) is 4.85. The molecule has 1 aromatic heterocycles. The molecule has 0 radical (unpaired) electrons. The van der Waals surface area contributed by atoms with Crippen LogP contribution in [0.5, 0.6) is 0 Å². The summed E-state index contributed by atoms with van der Waals surface area (Å²) in [5.74, 6) is 0.874. The lowest BCUT2D eigenvalue weighted by Crippen LogP contribution is -2.27. The summed E-state index contributed by atoms with van der Waals surface area (Å²) >= 11 is 0. The van der Waals surface area contributed by atoms with Crippen molar-refractivity contribution in [2.45, 2.75) is 58.5 Å². The molecule has 1 heterocycles. The average Bonchev–Trinajstić information content (AvgIpc) is 2.46. The lowest BCUT2D eigenvalue weighted by Gasteiger charge is -2.28. The lowest BCUT2D eigenvalue weighted by atomic mass is 9.89. The average molecular weight is 275 g/mol. The summed E-state index contributed by atoms with van der Waals surface area (Å²) in [5, 5.41) is 3.43. The highest BCUT2D eigenvalue weighted by molar-refractivity contribution is 5.45. The standard InChI is InChI=1S/C17H29N3/c1-14(2)19-12-16-11-17(9-10-18-16)20(3)13-15-7-5-4-6-8-15/h9-11,14-15,19H,4-8,12-13H2,1-3H3. The molecule has 20 heavy (non-hydrogen) atoms. The highest BCUT2D eigenvalue weighted by atomic mass is 15.1. The van der Waals surface area contributed by atoms with Gasteiger partial charge in [-0.05, 0) is 30.9 Å². The molecule has 1 aliphatic carbocycles. The molecule has 3 nitrogen and oxygen atoms in total. The third-order valence-electron chi connectivity index (χ3n) is 4.19. The minimum atomic E-state index is 0.500. The molecule has 0 aliphatic heterocycles.